The summed E-state index contributed by atoms with van der Waals surface area (Å²) >= 11 is 1.55. The number of hydrogen-bond acceptors (Lipinski definition) is 6. The van der Waals surface area contributed by atoms with Crippen molar-refractivity contribution in [2.45, 2.75) is 92.3 Å². The highest BCUT2D eigenvalue weighted by Crippen LogP contribution is 2.32. The van der Waals surface area contributed by atoms with E-state index < -0.39 is 36.2 Å². The van der Waals surface area contributed by atoms with Gasteiger partial charge < -0.3 is 9.84 Å². The van der Waals surface area contributed by atoms with E-state index in [4.69, 9.17) is 4.74 Å². The van der Waals surface area contributed by atoms with Gasteiger partial charge in [0, 0.05) is 29.6 Å². The zero-order valence-electron chi connectivity index (χ0n) is 21.4. The van der Waals surface area contributed by atoms with Gasteiger partial charge in [-0.2, -0.15) is 0 Å². The number of Topliss-reactive ketones (excluding diaryl/α,β-unsaturated/α-hetero) is 1. The minimum Gasteiger partial charge on any atom is -0.457 e. The second-order valence-electron chi connectivity index (χ2n) is 10.3. The second kappa shape index (κ2) is 12.7. The summed E-state index contributed by atoms with van der Waals surface area (Å²) in [5.41, 5.74) is 1.56. The number of thiazole rings is 1. The predicted molar refractivity (Wildman–Crippen MR) is 135 cm³/mol. The van der Waals surface area contributed by atoms with Gasteiger partial charge in [-0.3, -0.25) is 9.59 Å². The average molecular weight is 494 g/mol. The number of aliphatic hydroxyl groups is 1. The number of allylic oxidation sites excluding steroid dienone is 1. The topological polar surface area (TPSA) is 76.5 Å². The van der Waals surface area contributed by atoms with E-state index in [0.29, 0.717) is 31.3 Å². The molecule has 0 radical (unpaired) electrons. The Bertz CT molecular complexity index is 904. The van der Waals surface area contributed by atoms with Crippen LogP contribution in [0.5, 0.6) is 0 Å². The molecule has 1 aromatic rings. The number of esters is 1. The number of cyclic esters (lactones) is 1. The Morgan fingerprint density at radius 2 is 2.03 bits per heavy atom. The fourth-order valence-electron chi connectivity index (χ4n) is 4.44. The molecule has 2 rings (SSSR count). The summed E-state index contributed by atoms with van der Waals surface area (Å²) in [6, 6.07) is 0. The van der Waals surface area contributed by atoms with E-state index in [1.807, 2.05) is 52.2 Å². The number of nitrogens with zero attached hydrogens (tertiary/aromatic N) is 1. The smallest absolute Gasteiger partial charge is 0.306 e. The number of hydrogen-bond donors (Lipinski definition) is 1. The zero-order chi connectivity index (χ0) is 25.5. The lowest BCUT2D eigenvalue weighted by atomic mass is 9.74. The van der Waals surface area contributed by atoms with Crippen molar-refractivity contribution >= 4 is 29.2 Å². The lowest BCUT2D eigenvalue weighted by Crippen LogP contribution is -2.39. The molecule has 0 aromatic carbocycles. The van der Waals surface area contributed by atoms with Crippen LogP contribution in [0.25, 0.3) is 6.08 Å². The number of rotatable bonds is 3. The first-order valence-corrected chi connectivity index (χ1v) is 13.1. The van der Waals surface area contributed by atoms with Gasteiger partial charge >= 0.3 is 5.97 Å². The molecule has 5 nitrogen and oxygen atoms in total. The third-order valence-electron chi connectivity index (χ3n) is 6.87. The molecule has 1 aliphatic rings. The van der Waals surface area contributed by atoms with E-state index in [9.17, 15) is 19.1 Å². The first-order valence-electron chi connectivity index (χ1n) is 12.2. The van der Waals surface area contributed by atoms with Crippen LogP contribution in [0.4, 0.5) is 4.39 Å². The number of aromatic nitrogens is 1. The molecule has 0 bridgehead atoms. The minimum absolute atomic E-state index is 0.0531. The number of carbonyl (C=O) groups is 2. The van der Waals surface area contributed by atoms with Gasteiger partial charge in [0.2, 0.25) is 0 Å². The van der Waals surface area contributed by atoms with Crippen molar-refractivity contribution in [2.24, 2.45) is 17.3 Å². The van der Waals surface area contributed by atoms with Gasteiger partial charge in [0.1, 0.15) is 18.6 Å². The summed E-state index contributed by atoms with van der Waals surface area (Å²) < 4.78 is 19.5. The van der Waals surface area contributed by atoms with Crippen LogP contribution < -0.4 is 0 Å². The summed E-state index contributed by atoms with van der Waals surface area (Å²) in [5, 5.41) is 13.6. The number of alkyl halides is 1. The molecule has 0 fully saturated rings. The maximum absolute atomic E-state index is 13.7. The third kappa shape index (κ3) is 8.12. The van der Waals surface area contributed by atoms with Gasteiger partial charge in [-0.25, -0.2) is 9.37 Å². The van der Waals surface area contributed by atoms with E-state index in [0.717, 1.165) is 22.7 Å². The lowest BCUT2D eigenvalue weighted by molar-refractivity contribution is -0.148. The van der Waals surface area contributed by atoms with E-state index in [2.05, 4.69) is 4.98 Å². The Kier molecular flexibility index (Phi) is 10.6. The molecule has 0 saturated heterocycles. The first kappa shape index (κ1) is 28.4. The van der Waals surface area contributed by atoms with E-state index in [1.165, 1.54) is 0 Å². The zero-order valence-corrected chi connectivity index (χ0v) is 22.2. The van der Waals surface area contributed by atoms with E-state index in [1.54, 1.807) is 18.3 Å². The Labute approximate surface area is 207 Å². The van der Waals surface area contributed by atoms with E-state index >= 15 is 0 Å². The number of aliphatic hydroxyl groups excluding tert-OH is 1. The molecular weight excluding hydrogens is 453 g/mol. The van der Waals surface area contributed by atoms with Crippen molar-refractivity contribution in [2.75, 3.05) is 6.67 Å². The fraction of sp³-hybridized carbons (Fsp3) is 0.667. The van der Waals surface area contributed by atoms with Crippen LogP contribution in [0.2, 0.25) is 0 Å². The SMILES string of the molecule is C/C(=C\c1csc(C)n1)[C@@H]1C/C=C(/CF)CCC[C@H](C)[C@H](O)[C@@H](C)C(=O)C(C)(C)CCC(=O)O1. The molecule has 34 heavy (non-hydrogen) atoms. The van der Waals surface area contributed by atoms with Gasteiger partial charge in [0.25, 0.3) is 0 Å². The van der Waals surface area contributed by atoms with Crippen molar-refractivity contribution in [1.29, 1.82) is 0 Å². The van der Waals surface area contributed by atoms with Crippen LogP contribution >= 0.6 is 11.3 Å². The van der Waals surface area contributed by atoms with Crippen molar-refractivity contribution in [3.63, 3.8) is 0 Å². The molecule has 0 amide bonds. The largest absolute Gasteiger partial charge is 0.457 e. The predicted octanol–water partition coefficient (Wildman–Crippen LogP) is 6.25. The van der Waals surface area contributed by atoms with Gasteiger partial charge in [-0.15, -0.1) is 11.3 Å². The molecule has 2 heterocycles. The summed E-state index contributed by atoms with van der Waals surface area (Å²) in [7, 11) is 0. The number of ether oxygens (including phenoxy) is 1. The van der Waals surface area contributed by atoms with Gasteiger partial charge in [-0.1, -0.05) is 33.8 Å². The fourth-order valence-corrected chi connectivity index (χ4v) is 5.01. The number of aryl methyl sites for hydroxylation is 1. The molecule has 0 aliphatic carbocycles. The number of halogens is 1. The Morgan fingerprint density at radius 1 is 1.32 bits per heavy atom. The molecule has 1 N–H and O–H groups in total. The third-order valence-corrected chi connectivity index (χ3v) is 7.67. The van der Waals surface area contributed by atoms with Crippen LogP contribution in [0, 0.1) is 24.2 Å². The summed E-state index contributed by atoms with van der Waals surface area (Å²) in [4.78, 5) is 30.3. The maximum Gasteiger partial charge on any atom is 0.306 e. The summed E-state index contributed by atoms with van der Waals surface area (Å²) in [5.74, 6) is -1.06. The molecule has 7 heteroatoms. The van der Waals surface area contributed by atoms with Gasteiger partial charge in [0.05, 0.1) is 16.8 Å². The van der Waals surface area contributed by atoms with Crippen LogP contribution in [0.3, 0.4) is 0 Å². The summed E-state index contributed by atoms with van der Waals surface area (Å²) in [6.45, 7) is 10.6. The minimum atomic E-state index is -0.768. The molecule has 1 aliphatic heterocycles. The number of ketones is 1. The van der Waals surface area contributed by atoms with E-state index in [-0.39, 0.29) is 18.1 Å². The average Bonchev–Trinajstić information content (AvgIpc) is 3.20. The van der Waals surface area contributed by atoms with Crippen molar-refractivity contribution in [3.8, 4) is 0 Å². The van der Waals surface area contributed by atoms with Crippen LogP contribution in [0.15, 0.2) is 22.6 Å². The molecule has 4 atom stereocenters. The van der Waals surface area contributed by atoms with Crippen molar-refractivity contribution < 1.29 is 23.8 Å². The van der Waals surface area contributed by atoms with Crippen LogP contribution in [-0.2, 0) is 14.3 Å². The normalized spacial score (nSPS) is 29.9. The standard InChI is InChI=1S/C27H40FNO4S/c1-17-8-7-9-21(15-28)10-11-23(18(2)14-22-16-34-20(4)29-22)33-24(30)12-13-27(5,6)26(32)19(3)25(17)31/h10,14,16-17,19,23,25,31H,7-9,11-13,15H2,1-6H3/b18-14+,21-10+/t17-,19+,23-,25-/m0/s1. The lowest BCUT2D eigenvalue weighted by Gasteiger charge is -2.31. The highest BCUT2D eigenvalue weighted by atomic mass is 32.1. The molecule has 1 aromatic heterocycles. The highest BCUT2D eigenvalue weighted by Gasteiger charge is 2.37. The van der Waals surface area contributed by atoms with Crippen molar-refractivity contribution in [3.05, 3.63) is 33.3 Å². The summed E-state index contributed by atoms with van der Waals surface area (Å²) in [6.07, 6.45) is 5.25. The van der Waals surface area contributed by atoms with Crippen molar-refractivity contribution in [1.82, 2.24) is 4.98 Å². The Hall–Kier alpha value is -1.86. The Balaban J connectivity index is 2.31. The molecule has 0 unspecified atom stereocenters. The maximum atomic E-state index is 13.7. The second-order valence-corrected chi connectivity index (χ2v) is 11.3. The molecule has 190 valence electrons. The Morgan fingerprint density at radius 3 is 2.65 bits per heavy atom. The van der Waals surface area contributed by atoms with Crippen LogP contribution in [-0.4, -0.2) is 40.7 Å². The monoisotopic (exact) mass is 493 g/mol. The van der Waals surface area contributed by atoms with Crippen LogP contribution in [0.1, 0.15) is 83.8 Å². The molecule has 0 spiro atoms. The first-order chi connectivity index (χ1) is 15.9. The number of carbonyl (C=O) groups excluding carboxylic acids is 2. The highest BCUT2D eigenvalue weighted by molar-refractivity contribution is 7.09. The van der Waals surface area contributed by atoms with Gasteiger partial charge in [0.15, 0.2) is 0 Å². The van der Waals surface area contributed by atoms with Gasteiger partial charge in [-0.05, 0) is 62.7 Å². The quantitative estimate of drug-likeness (QED) is 0.398. The molecular formula is C27H40FNO4S. The molecule has 0 saturated carbocycles.